The van der Waals surface area contributed by atoms with Crippen LogP contribution in [0.3, 0.4) is 0 Å². The van der Waals surface area contributed by atoms with E-state index >= 15 is 0 Å². The van der Waals surface area contributed by atoms with Crippen LogP contribution >= 0.6 is 0 Å². The van der Waals surface area contributed by atoms with Gasteiger partial charge in [-0.25, -0.2) is 0 Å². The number of benzene rings is 2. The van der Waals surface area contributed by atoms with Crippen LogP contribution in [-0.2, 0) is 25.7 Å². The first-order valence-electron chi connectivity index (χ1n) is 12.0. The molecule has 1 atom stereocenters. The molecule has 3 amide bonds. The highest BCUT2D eigenvalue weighted by molar-refractivity contribution is 6.00. The Morgan fingerprint density at radius 1 is 1.00 bits per heavy atom. The summed E-state index contributed by atoms with van der Waals surface area (Å²) in [6.45, 7) is 5.26. The van der Waals surface area contributed by atoms with Gasteiger partial charge in [-0.1, -0.05) is 30.3 Å². The fourth-order valence-electron chi connectivity index (χ4n) is 4.16. The molecule has 0 aliphatic carbocycles. The van der Waals surface area contributed by atoms with E-state index in [-0.39, 0.29) is 36.7 Å². The smallest absolute Gasteiger partial charge is 0.258 e. The average Bonchev–Trinajstić information content (AvgIpc) is 3.29. The predicted octanol–water partition coefficient (Wildman–Crippen LogP) is 1.18. The summed E-state index contributed by atoms with van der Waals surface area (Å²) in [4.78, 5) is 41.0. The first-order chi connectivity index (χ1) is 17.1. The van der Waals surface area contributed by atoms with E-state index in [4.69, 9.17) is 9.47 Å². The van der Waals surface area contributed by atoms with E-state index in [1.54, 1.807) is 29.2 Å². The summed E-state index contributed by atoms with van der Waals surface area (Å²) in [6.07, 6.45) is 0.198. The number of hydrogen-bond donors (Lipinski definition) is 2. The number of amides is 3. The van der Waals surface area contributed by atoms with Gasteiger partial charge in [0.1, 0.15) is 5.75 Å². The highest BCUT2D eigenvalue weighted by Gasteiger charge is 2.35. The minimum atomic E-state index is -0.364. The molecule has 4 rings (SSSR count). The van der Waals surface area contributed by atoms with Gasteiger partial charge in [-0.2, -0.15) is 0 Å². The molecule has 2 fully saturated rings. The van der Waals surface area contributed by atoms with Gasteiger partial charge in [0.2, 0.25) is 11.8 Å². The molecule has 2 N–H and O–H groups in total. The van der Waals surface area contributed by atoms with Crippen LogP contribution in [0, 0.1) is 5.92 Å². The molecule has 186 valence electrons. The van der Waals surface area contributed by atoms with E-state index in [0.717, 1.165) is 38.4 Å². The number of ether oxygens (including phenoxy) is 2. The molecule has 2 saturated heterocycles. The molecule has 2 heterocycles. The van der Waals surface area contributed by atoms with Gasteiger partial charge in [-0.15, -0.1) is 0 Å². The standard InChI is InChI=1S/C26H32N4O5/c31-24(28-17-20-4-2-1-3-5-20)19-35-23-8-6-22(7-9-23)30-18-21(16-25(30)32)26(33)27-10-11-29-12-14-34-15-13-29/h1-9,21H,10-19H2,(H,27,33)(H,28,31)/t21-/m0/s1. The highest BCUT2D eigenvalue weighted by atomic mass is 16.5. The van der Waals surface area contributed by atoms with E-state index in [1.807, 2.05) is 30.3 Å². The number of nitrogens with one attached hydrogen (secondary N) is 2. The van der Waals surface area contributed by atoms with Crippen LogP contribution in [0.4, 0.5) is 5.69 Å². The van der Waals surface area contributed by atoms with E-state index in [9.17, 15) is 14.4 Å². The third-order valence-corrected chi connectivity index (χ3v) is 6.18. The number of anilines is 1. The first kappa shape index (κ1) is 24.7. The topological polar surface area (TPSA) is 100 Å². The fourth-order valence-corrected chi connectivity index (χ4v) is 4.16. The summed E-state index contributed by atoms with van der Waals surface area (Å²) >= 11 is 0. The van der Waals surface area contributed by atoms with Gasteiger partial charge in [0.15, 0.2) is 6.61 Å². The van der Waals surface area contributed by atoms with Crippen LogP contribution in [0.25, 0.3) is 0 Å². The van der Waals surface area contributed by atoms with E-state index in [2.05, 4.69) is 15.5 Å². The zero-order chi connectivity index (χ0) is 24.5. The third-order valence-electron chi connectivity index (χ3n) is 6.18. The number of carbonyl (C=O) groups is 3. The van der Waals surface area contributed by atoms with Crippen LogP contribution in [-0.4, -0.2) is 75.2 Å². The molecule has 0 spiro atoms. The highest BCUT2D eigenvalue weighted by Crippen LogP contribution is 2.27. The van der Waals surface area contributed by atoms with Gasteiger partial charge < -0.3 is 25.0 Å². The molecule has 2 aliphatic rings. The Labute approximate surface area is 205 Å². The average molecular weight is 481 g/mol. The fraction of sp³-hybridized carbons (Fsp3) is 0.423. The molecule has 9 nitrogen and oxygen atoms in total. The SMILES string of the molecule is O=C(COc1ccc(N2C[C@@H](C(=O)NCCN3CCOCC3)CC2=O)cc1)NCc1ccccc1. The van der Waals surface area contributed by atoms with E-state index in [0.29, 0.717) is 31.1 Å². The Morgan fingerprint density at radius 2 is 1.74 bits per heavy atom. The monoisotopic (exact) mass is 480 g/mol. The lowest BCUT2D eigenvalue weighted by Gasteiger charge is -2.26. The summed E-state index contributed by atoms with van der Waals surface area (Å²) in [5.41, 5.74) is 1.73. The van der Waals surface area contributed by atoms with Crippen molar-refractivity contribution in [3.63, 3.8) is 0 Å². The van der Waals surface area contributed by atoms with Crippen molar-refractivity contribution in [1.29, 1.82) is 0 Å². The maximum atomic E-state index is 12.6. The van der Waals surface area contributed by atoms with Gasteiger partial charge >= 0.3 is 0 Å². The molecular formula is C26H32N4O5. The second-order valence-electron chi connectivity index (χ2n) is 8.70. The summed E-state index contributed by atoms with van der Waals surface area (Å²) in [6, 6.07) is 16.7. The number of nitrogens with zero attached hydrogens (tertiary/aromatic N) is 2. The van der Waals surface area contributed by atoms with Gasteiger partial charge in [0, 0.05) is 51.4 Å². The van der Waals surface area contributed by atoms with Crippen LogP contribution in [0.5, 0.6) is 5.75 Å². The van der Waals surface area contributed by atoms with Crippen LogP contribution in [0.1, 0.15) is 12.0 Å². The van der Waals surface area contributed by atoms with Crippen LogP contribution in [0.15, 0.2) is 54.6 Å². The Bertz CT molecular complexity index is 993. The quantitative estimate of drug-likeness (QED) is 0.530. The minimum Gasteiger partial charge on any atom is -0.484 e. The molecule has 9 heteroatoms. The lowest BCUT2D eigenvalue weighted by Crippen LogP contribution is -2.42. The molecule has 2 aromatic carbocycles. The zero-order valence-electron chi connectivity index (χ0n) is 19.8. The summed E-state index contributed by atoms with van der Waals surface area (Å²) in [7, 11) is 0. The van der Waals surface area contributed by atoms with Crippen molar-refractivity contribution in [3.05, 3.63) is 60.2 Å². The lowest BCUT2D eigenvalue weighted by atomic mass is 10.1. The second-order valence-corrected chi connectivity index (χ2v) is 8.70. The Morgan fingerprint density at radius 3 is 2.49 bits per heavy atom. The van der Waals surface area contributed by atoms with Crippen LogP contribution < -0.4 is 20.3 Å². The van der Waals surface area contributed by atoms with Gasteiger partial charge in [-0.3, -0.25) is 19.3 Å². The molecule has 0 bridgehead atoms. The maximum absolute atomic E-state index is 12.6. The van der Waals surface area contributed by atoms with Gasteiger partial charge in [0.25, 0.3) is 5.91 Å². The summed E-state index contributed by atoms with van der Waals surface area (Å²) in [5, 5.41) is 5.78. The summed E-state index contributed by atoms with van der Waals surface area (Å²) < 4.78 is 10.9. The summed E-state index contributed by atoms with van der Waals surface area (Å²) in [5.74, 6) is -0.206. The second kappa shape index (κ2) is 12.3. The van der Waals surface area contributed by atoms with Crippen molar-refractivity contribution in [2.24, 2.45) is 5.92 Å². The minimum absolute atomic E-state index is 0.0766. The largest absolute Gasteiger partial charge is 0.484 e. The predicted molar refractivity (Wildman–Crippen MR) is 131 cm³/mol. The molecule has 35 heavy (non-hydrogen) atoms. The first-order valence-corrected chi connectivity index (χ1v) is 12.0. The molecule has 2 aromatic rings. The van der Waals surface area contributed by atoms with E-state index < -0.39 is 0 Å². The van der Waals surface area contributed by atoms with Crippen molar-refractivity contribution in [1.82, 2.24) is 15.5 Å². The number of carbonyl (C=O) groups excluding carboxylic acids is 3. The van der Waals surface area contributed by atoms with Crippen LogP contribution in [0.2, 0.25) is 0 Å². The molecule has 2 aliphatic heterocycles. The zero-order valence-corrected chi connectivity index (χ0v) is 19.8. The van der Waals surface area contributed by atoms with Crippen molar-refractivity contribution in [2.45, 2.75) is 13.0 Å². The number of hydrogen-bond acceptors (Lipinski definition) is 6. The molecule has 0 saturated carbocycles. The Balaban J connectivity index is 1.19. The normalized spacial score (nSPS) is 18.3. The molecule has 0 radical (unpaired) electrons. The molecule has 0 unspecified atom stereocenters. The van der Waals surface area contributed by atoms with Crippen molar-refractivity contribution in [2.75, 3.05) is 57.4 Å². The molecule has 0 aromatic heterocycles. The van der Waals surface area contributed by atoms with Gasteiger partial charge in [0.05, 0.1) is 19.1 Å². The van der Waals surface area contributed by atoms with E-state index in [1.165, 1.54) is 0 Å². The Hall–Kier alpha value is -3.43. The number of morpholine rings is 1. The Kier molecular flexibility index (Phi) is 8.69. The lowest BCUT2D eigenvalue weighted by molar-refractivity contribution is -0.126. The maximum Gasteiger partial charge on any atom is 0.258 e. The third kappa shape index (κ3) is 7.27. The van der Waals surface area contributed by atoms with Crippen molar-refractivity contribution in [3.8, 4) is 5.75 Å². The van der Waals surface area contributed by atoms with Crippen molar-refractivity contribution < 1.29 is 23.9 Å². The molecular weight excluding hydrogens is 448 g/mol. The van der Waals surface area contributed by atoms with Gasteiger partial charge in [-0.05, 0) is 29.8 Å². The van der Waals surface area contributed by atoms with Crippen molar-refractivity contribution >= 4 is 23.4 Å². The number of rotatable bonds is 10.